The summed E-state index contributed by atoms with van der Waals surface area (Å²) in [6.07, 6.45) is 99.5. The molecule has 0 fully saturated rings. The third kappa shape index (κ3) is 82.5. The van der Waals surface area contributed by atoms with Gasteiger partial charge in [0, 0.05) is 19.3 Å². The monoisotopic (exact) mass is 1540 g/mol. The molecule has 0 aromatic rings. The van der Waals surface area contributed by atoms with Crippen LogP contribution in [0, 0.1) is 0 Å². The van der Waals surface area contributed by atoms with E-state index in [1.807, 2.05) is 0 Å². The first-order chi connectivity index (χ1) is 52.2. The number of hydrogen-bond acceptors (Lipinski definition) is 14. The lowest BCUT2D eigenvalue weighted by Gasteiger charge is -2.21. The average Bonchev–Trinajstić information content (AvgIpc) is 0.914. The molecule has 0 aliphatic carbocycles. The number of esters is 3. The van der Waals surface area contributed by atoms with Crippen molar-refractivity contribution in [2.75, 3.05) is 39.6 Å². The summed E-state index contributed by atoms with van der Waals surface area (Å²) in [4.78, 5) is 58.7. The highest BCUT2D eigenvalue weighted by molar-refractivity contribution is 7.47. The Morgan fingerprint density at radius 2 is 0.495 bits per heavy atom. The number of phosphoric ester groups is 2. The van der Waals surface area contributed by atoms with E-state index in [1.165, 1.54) is 154 Å². The Hall–Kier alpha value is -4.31. The molecule has 4 N–H and O–H groups in total. The molecule has 0 aromatic heterocycles. The van der Waals surface area contributed by atoms with Gasteiger partial charge in [-0.15, -0.1) is 0 Å². The van der Waals surface area contributed by atoms with Crippen molar-refractivity contribution in [3.8, 4) is 0 Å². The maximum absolute atomic E-state index is 13.0. The van der Waals surface area contributed by atoms with Crippen LogP contribution < -0.4 is 0 Å². The molecule has 616 valence electrons. The number of aliphatic hydroxyl groups is 2. The molecule has 0 aromatic carbocycles. The zero-order valence-corrected chi connectivity index (χ0v) is 69.3. The quantitative estimate of drug-likeness (QED) is 0.0146. The highest BCUT2D eigenvalue weighted by Crippen LogP contribution is 2.45. The minimum absolute atomic E-state index is 0.0862. The summed E-state index contributed by atoms with van der Waals surface area (Å²) in [5.41, 5.74) is 0. The minimum Gasteiger partial charge on any atom is -0.463 e. The standard InChI is InChI=1S/C89H154O16P2/c1-4-7-10-13-16-19-22-25-27-29-31-33-35-36-37-38-39-40-41-42-43-44-45-46-48-50-51-53-55-58-60-63-66-69-72-75-87(92)99-78-84(90)79-101-106(95,96)102-80-85(91)81-103-107(97,98)104-83-86(105-89(94)77-74-71-68-65-62-57-24-21-18-15-12-9-6-3)82-100-88(93)76-73-70-67-64-61-59-56-54-52-49-47-34-32-30-28-26-23-20-17-14-11-8-5-2/h8,11,16-17,19-21,24-28,31-34,36-37,49,52,56,59,84-86,90-91H,4-7,9-10,12-15,18,22-23,29-30,35,38-48,50-51,53-55,57-58,60-83H2,1-3H3,(H,95,96)(H,97,98)/b11-8-,19-16-,20-17-,24-21-,27-25-,28-26-,33-31-,34-32-,37-36-,52-49-,59-56-. The molecular weight excluding hydrogens is 1390 g/mol. The van der Waals surface area contributed by atoms with Crippen LogP contribution in [-0.2, 0) is 55.8 Å². The maximum atomic E-state index is 13.0. The molecule has 16 nitrogen and oxygen atoms in total. The Labute approximate surface area is 652 Å². The number of unbranched alkanes of at least 4 members (excludes halogenated alkanes) is 35. The number of allylic oxidation sites excluding steroid dienone is 22. The number of carbonyl (C=O) groups excluding carboxylic acids is 3. The van der Waals surface area contributed by atoms with Crippen molar-refractivity contribution < 1.29 is 75.8 Å². The molecule has 0 spiro atoms. The van der Waals surface area contributed by atoms with Crippen LogP contribution in [0.4, 0.5) is 0 Å². The van der Waals surface area contributed by atoms with Gasteiger partial charge in [-0.05, 0) is 141 Å². The lowest BCUT2D eigenvalue weighted by molar-refractivity contribution is -0.161. The van der Waals surface area contributed by atoms with E-state index >= 15 is 0 Å². The second-order valence-electron chi connectivity index (χ2n) is 28.2. The van der Waals surface area contributed by atoms with Crippen LogP contribution in [0.1, 0.15) is 355 Å². The molecule has 0 saturated carbocycles. The SMILES string of the molecule is CC/C=C\C/C=C\C/C=C\C/C=C\C/C=C\C/C=C\CCCCCCC(=O)OCC(COP(=O)(O)OCC(O)COP(=O)(O)OCC(O)COC(=O)CCCCCCCCCCCCCCCCCCCCC/C=C\C/C=C\C/C=C\C/C=C\CCCCC)OC(=O)CCCCCCC/C=C\CCCCCC. The Kier molecular flexibility index (Phi) is 77.9. The molecule has 5 atom stereocenters. The Morgan fingerprint density at radius 3 is 0.813 bits per heavy atom. The van der Waals surface area contributed by atoms with E-state index in [0.29, 0.717) is 19.3 Å². The van der Waals surface area contributed by atoms with Gasteiger partial charge in [-0.25, -0.2) is 9.13 Å². The molecule has 0 rings (SSSR count). The zero-order chi connectivity index (χ0) is 78.0. The third-order valence-corrected chi connectivity index (χ3v) is 19.7. The first kappa shape index (κ1) is 103. The lowest BCUT2D eigenvalue weighted by atomic mass is 10.0. The van der Waals surface area contributed by atoms with Gasteiger partial charge in [0.1, 0.15) is 25.4 Å². The van der Waals surface area contributed by atoms with Crippen molar-refractivity contribution in [3.63, 3.8) is 0 Å². The van der Waals surface area contributed by atoms with Gasteiger partial charge in [-0.1, -0.05) is 328 Å². The van der Waals surface area contributed by atoms with Crippen LogP contribution in [0.3, 0.4) is 0 Å². The first-order valence-electron chi connectivity index (χ1n) is 42.5. The van der Waals surface area contributed by atoms with Crippen molar-refractivity contribution in [2.45, 2.75) is 373 Å². The van der Waals surface area contributed by atoms with E-state index in [9.17, 15) is 43.5 Å². The number of ether oxygens (including phenoxy) is 3. The lowest BCUT2D eigenvalue weighted by Crippen LogP contribution is -2.30. The first-order valence-corrected chi connectivity index (χ1v) is 45.5. The number of phosphoric acid groups is 2. The van der Waals surface area contributed by atoms with Crippen molar-refractivity contribution in [1.29, 1.82) is 0 Å². The van der Waals surface area contributed by atoms with Gasteiger partial charge in [-0.3, -0.25) is 32.5 Å². The number of carbonyl (C=O) groups is 3. The van der Waals surface area contributed by atoms with E-state index in [2.05, 4.69) is 154 Å². The zero-order valence-electron chi connectivity index (χ0n) is 67.5. The van der Waals surface area contributed by atoms with Crippen LogP contribution in [0.25, 0.3) is 0 Å². The van der Waals surface area contributed by atoms with Gasteiger partial charge in [0.05, 0.1) is 26.4 Å². The highest BCUT2D eigenvalue weighted by Gasteiger charge is 2.29. The van der Waals surface area contributed by atoms with E-state index in [4.69, 9.17) is 32.3 Å². The molecular formula is C89H154O16P2. The van der Waals surface area contributed by atoms with Gasteiger partial charge < -0.3 is 34.2 Å². The molecule has 0 aliphatic heterocycles. The summed E-state index contributed by atoms with van der Waals surface area (Å²) in [7, 11) is -9.80. The molecule has 0 bridgehead atoms. The van der Waals surface area contributed by atoms with Crippen LogP contribution in [0.2, 0.25) is 0 Å². The molecule has 0 amide bonds. The fourth-order valence-corrected chi connectivity index (χ4v) is 13.0. The summed E-state index contributed by atoms with van der Waals surface area (Å²) < 4.78 is 61.2. The summed E-state index contributed by atoms with van der Waals surface area (Å²) in [6.45, 7) is 2.51. The van der Waals surface area contributed by atoms with Crippen molar-refractivity contribution in [3.05, 3.63) is 134 Å². The Morgan fingerprint density at radius 1 is 0.271 bits per heavy atom. The van der Waals surface area contributed by atoms with E-state index in [1.54, 1.807) is 0 Å². The summed E-state index contributed by atoms with van der Waals surface area (Å²) in [5, 5.41) is 20.7. The second-order valence-corrected chi connectivity index (χ2v) is 31.2. The van der Waals surface area contributed by atoms with E-state index < -0.39 is 91.5 Å². The summed E-state index contributed by atoms with van der Waals surface area (Å²) in [6, 6.07) is 0. The highest BCUT2D eigenvalue weighted by atomic mass is 31.2. The van der Waals surface area contributed by atoms with Crippen molar-refractivity contribution in [2.24, 2.45) is 0 Å². The topological polar surface area (TPSA) is 231 Å². The third-order valence-electron chi connectivity index (χ3n) is 17.8. The summed E-state index contributed by atoms with van der Waals surface area (Å²) in [5.74, 6) is -1.61. The Balaban J connectivity index is 4.41. The molecule has 0 aliphatic rings. The smallest absolute Gasteiger partial charge is 0.463 e. The normalized spacial score (nSPS) is 14.6. The Bertz CT molecular complexity index is 2480. The number of hydrogen-bond donors (Lipinski definition) is 4. The van der Waals surface area contributed by atoms with Gasteiger partial charge in [0.25, 0.3) is 0 Å². The predicted molar refractivity (Wildman–Crippen MR) is 445 cm³/mol. The fraction of sp³-hybridized carbons (Fsp3) is 0.719. The van der Waals surface area contributed by atoms with Gasteiger partial charge in [-0.2, -0.15) is 0 Å². The van der Waals surface area contributed by atoms with Gasteiger partial charge in [0.15, 0.2) is 6.10 Å². The molecule has 5 unspecified atom stereocenters. The van der Waals surface area contributed by atoms with Crippen LogP contribution in [0.15, 0.2) is 134 Å². The van der Waals surface area contributed by atoms with Crippen LogP contribution in [-0.4, -0.2) is 95.9 Å². The molecule has 0 saturated heterocycles. The molecule has 0 heterocycles. The van der Waals surface area contributed by atoms with Crippen LogP contribution in [0.5, 0.6) is 0 Å². The average molecular weight is 1540 g/mol. The molecule has 0 radical (unpaired) electrons. The van der Waals surface area contributed by atoms with Crippen LogP contribution >= 0.6 is 15.6 Å². The van der Waals surface area contributed by atoms with Crippen molar-refractivity contribution in [1.82, 2.24) is 0 Å². The summed E-state index contributed by atoms with van der Waals surface area (Å²) >= 11 is 0. The fourth-order valence-electron chi connectivity index (χ4n) is 11.4. The molecule has 18 heteroatoms. The molecule has 107 heavy (non-hydrogen) atoms. The van der Waals surface area contributed by atoms with E-state index in [-0.39, 0.29) is 19.3 Å². The number of rotatable bonds is 80. The van der Waals surface area contributed by atoms with E-state index in [0.717, 1.165) is 141 Å². The number of aliphatic hydroxyl groups excluding tert-OH is 2. The van der Waals surface area contributed by atoms with Crippen molar-refractivity contribution >= 4 is 33.6 Å². The largest absolute Gasteiger partial charge is 0.472 e. The van der Waals surface area contributed by atoms with Gasteiger partial charge in [0.2, 0.25) is 0 Å². The second kappa shape index (κ2) is 81.2. The maximum Gasteiger partial charge on any atom is 0.472 e. The minimum atomic E-state index is -4.94. The van der Waals surface area contributed by atoms with Gasteiger partial charge >= 0.3 is 33.6 Å². The predicted octanol–water partition coefficient (Wildman–Crippen LogP) is 25.4.